The molecule has 0 aromatic heterocycles. The van der Waals surface area contributed by atoms with Crippen molar-refractivity contribution < 1.29 is 14.3 Å². The molecule has 8 nitrogen and oxygen atoms in total. The summed E-state index contributed by atoms with van der Waals surface area (Å²) in [6.45, 7) is 5.87. The van der Waals surface area contributed by atoms with Crippen LogP contribution < -0.4 is 5.32 Å². The smallest absolute Gasteiger partial charge is 0.251 e. The number of hydrogen-bond donors (Lipinski definition) is 1. The molecule has 3 aliphatic heterocycles. The van der Waals surface area contributed by atoms with Gasteiger partial charge in [0.15, 0.2) is 5.96 Å². The van der Waals surface area contributed by atoms with Gasteiger partial charge in [0.1, 0.15) is 6.10 Å². The van der Waals surface area contributed by atoms with Crippen LogP contribution >= 0.6 is 0 Å². The molecular formula is C23H33N5O3. The molecule has 0 aliphatic carbocycles. The first-order valence-corrected chi connectivity index (χ1v) is 11.4. The Morgan fingerprint density at radius 2 is 1.77 bits per heavy atom. The van der Waals surface area contributed by atoms with E-state index in [-0.39, 0.29) is 17.9 Å². The van der Waals surface area contributed by atoms with E-state index in [9.17, 15) is 9.59 Å². The van der Waals surface area contributed by atoms with Crippen molar-refractivity contribution in [2.45, 2.75) is 44.9 Å². The fourth-order valence-electron chi connectivity index (χ4n) is 4.48. The second-order valence-electron chi connectivity index (χ2n) is 8.45. The Bertz CT molecular complexity index is 796. The van der Waals surface area contributed by atoms with Crippen molar-refractivity contribution in [3.8, 4) is 0 Å². The summed E-state index contributed by atoms with van der Waals surface area (Å²) in [7, 11) is 1.79. The van der Waals surface area contributed by atoms with E-state index in [0.29, 0.717) is 39.2 Å². The van der Waals surface area contributed by atoms with E-state index in [1.54, 1.807) is 7.05 Å². The lowest BCUT2D eigenvalue weighted by Gasteiger charge is -2.37. The van der Waals surface area contributed by atoms with Gasteiger partial charge >= 0.3 is 0 Å². The average molecular weight is 428 g/mol. The number of guanidine groups is 1. The van der Waals surface area contributed by atoms with Crippen LogP contribution in [0.2, 0.25) is 0 Å². The van der Waals surface area contributed by atoms with Gasteiger partial charge in [-0.2, -0.15) is 0 Å². The third-order valence-electron chi connectivity index (χ3n) is 6.33. The summed E-state index contributed by atoms with van der Waals surface area (Å²) in [4.78, 5) is 34.8. The molecule has 1 N–H and O–H groups in total. The highest BCUT2D eigenvalue weighted by atomic mass is 16.5. The Morgan fingerprint density at radius 3 is 2.39 bits per heavy atom. The number of amides is 2. The number of piperazine rings is 1. The predicted molar refractivity (Wildman–Crippen MR) is 118 cm³/mol. The van der Waals surface area contributed by atoms with Crippen molar-refractivity contribution in [1.29, 1.82) is 0 Å². The maximum absolute atomic E-state index is 12.5. The standard InChI is InChI=1S/C23H33N5O3/c1-24-23(27-13-11-26(12-14-27)22(30)20-4-3-15-31-20)25-16-18-6-8-19(9-7-18)17-28-10-2-5-21(28)29/h6-9,20H,2-5,10-17H2,1H3,(H,24,25). The van der Waals surface area contributed by atoms with Gasteiger partial charge in [-0.3, -0.25) is 14.6 Å². The third kappa shape index (κ3) is 5.36. The van der Waals surface area contributed by atoms with Crippen LogP contribution in [0.15, 0.2) is 29.3 Å². The van der Waals surface area contributed by atoms with Gasteiger partial charge in [0.2, 0.25) is 5.91 Å². The molecule has 31 heavy (non-hydrogen) atoms. The van der Waals surface area contributed by atoms with Crippen LogP contribution in [-0.4, -0.2) is 85.0 Å². The molecule has 0 bridgehead atoms. The lowest BCUT2D eigenvalue weighted by Crippen LogP contribution is -2.55. The van der Waals surface area contributed by atoms with E-state index in [1.165, 1.54) is 5.56 Å². The van der Waals surface area contributed by atoms with Gasteiger partial charge in [0.25, 0.3) is 5.91 Å². The van der Waals surface area contributed by atoms with Crippen LogP contribution in [0.3, 0.4) is 0 Å². The van der Waals surface area contributed by atoms with Crippen molar-refractivity contribution in [3.05, 3.63) is 35.4 Å². The van der Waals surface area contributed by atoms with Crippen molar-refractivity contribution in [2.75, 3.05) is 46.4 Å². The van der Waals surface area contributed by atoms with Crippen LogP contribution in [-0.2, 0) is 27.4 Å². The van der Waals surface area contributed by atoms with Gasteiger partial charge in [0, 0.05) is 65.9 Å². The number of ether oxygens (including phenoxy) is 1. The largest absolute Gasteiger partial charge is 0.368 e. The second kappa shape index (κ2) is 10.1. The van der Waals surface area contributed by atoms with E-state index in [0.717, 1.165) is 50.4 Å². The van der Waals surface area contributed by atoms with E-state index < -0.39 is 0 Å². The van der Waals surface area contributed by atoms with Crippen molar-refractivity contribution in [3.63, 3.8) is 0 Å². The van der Waals surface area contributed by atoms with E-state index in [4.69, 9.17) is 4.74 Å². The van der Waals surface area contributed by atoms with Crippen molar-refractivity contribution in [1.82, 2.24) is 20.0 Å². The van der Waals surface area contributed by atoms with Crippen molar-refractivity contribution in [2.24, 2.45) is 4.99 Å². The summed E-state index contributed by atoms with van der Waals surface area (Å²) < 4.78 is 5.54. The zero-order chi connectivity index (χ0) is 21.6. The summed E-state index contributed by atoms with van der Waals surface area (Å²) in [6.07, 6.45) is 3.23. The number of benzene rings is 1. The first-order valence-electron chi connectivity index (χ1n) is 11.4. The average Bonchev–Trinajstić information content (AvgIpc) is 3.48. The molecule has 3 heterocycles. The number of likely N-dealkylation sites (tertiary alicyclic amines) is 1. The molecule has 1 aromatic rings. The molecule has 1 unspecified atom stereocenters. The molecule has 0 saturated carbocycles. The highest BCUT2D eigenvalue weighted by Crippen LogP contribution is 2.17. The van der Waals surface area contributed by atoms with Gasteiger partial charge in [-0.15, -0.1) is 0 Å². The maximum atomic E-state index is 12.5. The van der Waals surface area contributed by atoms with Gasteiger partial charge < -0.3 is 24.8 Å². The Kier molecular flexibility index (Phi) is 7.06. The second-order valence-corrected chi connectivity index (χ2v) is 8.45. The number of carbonyl (C=O) groups is 2. The summed E-state index contributed by atoms with van der Waals surface area (Å²) >= 11 is 0. The minimum atomic E-state index is -0.240. The molecule has 168 valence electrons. The highest BCUT2D eigenvalue weighted by Gasteiger charge is 2.30. The summed E-state index contributed by atoms with van der Waals surface area (Å²) in [5, 5.41) is 3.44. The number of rotatable bonds is 5. The fraction of sp³-hybridized carbons (Fsp3) is 0.609. The summed E-state index contributed by atoms with van der Waals surface area (Å²) in [5.74, 6) is 1.25. The van der Waals surface area contributed by atoms with Crippen LogP contribution in [0, 0.1) is 0 Å². The van der Waals surface area contributed by atoms with Crippen molar-refractivity contribution >= 4 is 17.8 Å². The SMILES string of the molecule is CN=C(NCc1ccc(CN2CCCC2=O)cc1)N1CCN(C(=O)C2CCCO2)CC1. The molecular weight excluding hydrogens is 394 g/mol. The van der Waals surface area contributed by atoms with Crippen LogP contribution in [0.1, 0.15) is 36.8 Å². The van der Waals surface area contributed by atoms with E-state index in [2.05, 4.69) is 39.5 Å². The van der Waals surface area contributed by atoms with Gasteiger partial charge in [0.05, 0.1) is 0 Å². The molecule has 8 heteroatoms. The van der Waals surface area contributed by atoms with Crippen LogP contribution in [0.4, 0.5) is 0 Å². The van der Waals surface area contributed by atoms with Gasteiger partial charge in [-0.1, -0.05) is 24.3 Å². The number of aliphatic imine (C=N–C) groups is 1. The molecule has 3 aliphatic rings. The fourth-order valence-corrected chi connectivity index (χ4v) is 4.48. The first kappa shape index (κ1) is 21.6. The zero-order valence-electron chi connectivity index (χ0n) is 18.4. The molecule has 1 aromatic carbocycles. The number of carbonyl (C=O) groups excluding carboxylic acids is 2. The number of hydrogen-bond acceptors (Lipinski definition) is 4. The van der Waals surface area contributed by atoms with Gasteiger partial charge in [-0.05, 0) is 30.4 Å². The normalized spacial score (nSPS) is 22.4. The lowest BCUT2D eigenvalue weighted by molar-refractivity contribution is -0.142. The lowest BCUT2D eigenvalue weighted by atomic mass is 10.1. The minimum absolute atomic E-state index is 0.135. The Hall–Kier alpha value is -2.61. The molecule has 2 amide bonds. The topological polar surface area (TPSA) is 77.5 Å². The Labute approximate surface area is 184 Å². The molecule has 0 spiro atoms. The predicted octanol–water partition coefficient (Wildman–Crippen LogP) is 1.21. The van der Waals surface area contributed by atoms with Crippen LogP contribution in [0.5, 0.6) is 0 Å². The Balaban J connectivity index is 1.23. The van der Waals surface area contributed by atoms with Crippen LogP contribution in [0.25, 0.3) is 0 Å². The maximum Gasteiger partial charge on any atom is 0.251 e. The summed E-state index contributed by atoms with van der Waals surface area (Å²) in [6, 6.07) is 8.41. The Morgan fingerprint density at radius 1 is 1.06 bits per heavy atom. The van der Waals surface area contributed by atoms with Gasteiger partial charge in [-0.25, -0.2) is 0 Å². The third-order valence-corrected chi connectivity index (χ3v) is 6.33. The zero-order valence-corrected chi connectivity index (χ0v) is 18.4. The highest BCUT2D eigenvalue weighted by molar-refractivity contribution is 5.83. The number of nitrogens with zero attached hydrogens (tertiary/aromatic N) is 4. The molecule has 0 radical (unpaired) electrons. The molecule has 3 fully saturated rings. The molecule has 1 atom stereocenters. The quantitative estimate of drug-likeness (QED) is 0.565. The minimum Gasteiger partial charge on any atom is -0.368 e. The molecule has 3 saturated heterocycles. The number of nitrogens with one attached hydrogen (secondary N) is 1. The van der Waals surface area contributed by atoms with E-state index >= 15 is 0 Å². The first-order chi connectivity index (χ1) is 15.1. The monoisotopic (exact) mass is 427 g/mol. The van der Waals surface area contributed by atoms with E-state index in [1.807, 2.05) is 9.80 Å². The summed E-state index contributed by atoms with van der Waals surface area (Å²) in [5.41, 5.74) is 2.33. The molecule has 4 rings (SSSR count).